The maximum atomic E-state index is 13.5. The number of carbonyl (C=O) groups is 3. The summed E-state index contributed by atoms with van der Waals surface area (Å²) < 4.78 is 70.6. The molecule has 10 heteroatoms. The van der Waals surface area contributed by atoms with Crippen LogP contribution in [0.5, 0.6) is 5.75 Å². The van der Waals surface area contributed by atoms with Crippen LogP contribution in [0.2, 0.25) is 0 Å². The zero-order chi connectivity index (χ0) is 22.9. The van der Waals surface area contributed by atoms with Crippen LogP contribution in [0.25, 0.3) is 0 Å². The van der Waals surface area contributed by atoms with Gasteiger partial charge in [0, 0.05) is 13.0 Å². The summed E-state index contributed by atoms with van der Waals surface area (Å²) in [5, 5.41) is 0. The molecule has 0 N–H and O–H groups in total. The largest absolute Gasteiger partial charge is 0.420 e. The van der Waals surface area contributed by atoms with Gasteiger partial charge in [0.15, 0.2) is 0 Å². The number of rotatable bonds is 7. The van der Waals surface area contributed by atoms with Gasteiger partial charge in [0.2, 0.25) is 34.8 Å². The van der Waals surface area contributed by atoms with Crippen molar-refractivity contribution < 1.29 is 41.1 Å². The topological polar surface area (TPSA) is 63.7 Å². The molecule has 0 atom stereocenters. The van der Waals surface area contributed by atoms with E-state index in [4.69, 9.17) is 0 Å². The van der Waals surface area contributed by atoms with Crippen LogP contribution in [-0.4, -0.2) is 29.2 Å². The molecule has 0 aromatic heterocycles. The van der Waals surface area contributed by atoms with Gasteiger partial charge in [0.05, 0.1) is 11.1 Å². The molecule has 2 amide bonds. The third-order valence-corrected chi connectivity index (χ3v) is 4.77. The standard InChI is InChI=1S/C21H16F5NO4/c1-10-6-7-11-12(9-10)21(30)27(20(11)29)8-4-2-3-5-13(28)31-19-17(25)15(23)14(22)16(24)18(19)26/h6-7,9H,2-5,8H2,1H3. The maximum Gasteiger partial charge on any atom is 0.311 e. The van der Waals surface area contributed by atoms with E-state index < -0.39 is 52.6 Å². The van der Waals surface area contributed by atoms with Crippen molar-refractivity contribution >= 4 is 17.8 Å². The molecular weight excluding hydrogens is 425 g/mol. The first-order valence-corrected chi connectivity index (χ1v) is 9.32. The summed E-state index contributed by atoms with van der Waals surface area (Å²) >= 11 is 0. The Morgan fingerprint density at radius 1 is 0.839 bits per heavy atom. The summed E-state index contributed by atoms with van der Waals surface area (Å²) in [4.78, 5) is 37.5. The smallest absolute Gasteiger partial charge is 0.311 e. The Kier molecular flexibility index (Phi) is 6.37. The number of nitrogens with zero attached hydrogens (tertiary/aromatic N) is 1. The Labute approximate surface area is 173 Å². The van der Waals surface area contributed by atoms with Crippen molar-refractivity contribution in [1.82, 2.24) is 4.90 Å². The van der Waals surface area contributed by atoms with Crippen LogP contribution in [0, 0.1) is 36.0 Å². The van der Waals surface area contributed by atoms with Crippen molar-refractivity contribution in [1.29, 1.82) is 0 Å². The number of benzene rings is 2. The Morgan fingerprint density at radius 3 is 2.06 bits per heavy atom. The molecule has 0 radical (unpaired) electrons. The summed E-state index contributed by atoms with van der Waals surface area (Å²) in [7, 11) is 0. The molecule has 2 aromatic carbocycles. The third kappa shape index (κ3) is 4.28. The van der Waals surface area contributed by atoms with Gasteiger partial charge in [-0.25, -0.2) is 13.2 Å². The van der Waals surface area contributed by atoms with Crippen LogP contribution in [0.3, 0.4) is 0 Å². The van der Waals surface area contributed by atoms with Crippen molar-refractivity contribution in [3.05, 3.63) is 64.0 Å². The first-order chi connectivity index (χ1) is 14.6. The molecule has 1 aliphatic rings. The van der Waals surface area contributed by atoms with E-state index in [2.05, 4.69) is 4.74 Å². The lowest BCUT2D eigenvalue weighted by molar-refractivity contribution is -0.135. The van der Waals surface area contributed by atoms with Gasteiger partial charge in [-0.15, -0.1) is 0 Å². The second-order valence-corrected chi connectivity index (χ2v) is 6.99. The van der Waals surface area contributed by atoms with Crippen molar-refractivity contribution in [2.75, 3.05) is 6.54 Å². The molecule has 0 saturated carbocycles. The van der Waals surface area contributed by atoms with Gasteiger partial charge < -0.3 is 4.74 Å². The lowest BCUT2D eigenvalue weighted by atomic mass is 10.1. The number of esters is 1. The van der Waals surface area contributed by atoms with Gasteiger partial charge in [-0.3, -0.25) is 19.3 Å². The molecule has 0 bridgehead atoms. The number of aryl methyl sites for hydroxylation is 1. The molecule has 31 heavy (non-hydrogen) atoms. The Bertz CT molecular complexity index is 1060. The van der Waals surface area contributed by atoms with E-state index in [1.54, 1.807) is 25.1 Å². The van der Waals surface area contributed by atoms with E-state index in [-0.39, 0.29) is 19.4 Å². The Balaban J connectivity index is 1.49. The SMILES string of the molecule is Cc1ccc2c(c1)C(=O)N(CCCCCC(=O)Oc1c(F)c(F)c(F)c(F)c1F)C2=O. The molecule has 1 heterocycles. The van der Waals surface area contributed by atoms with E-state index in [9.17, 15) is 36.3 Å². The maximum absolute atomic E-state index is 13.5. The van der Waals surface area contributed by atoms with Gasteiger partial charge in [-0.1, -0.05) is 18.1 Å². The van der Waals surface area contributed by atoms with E-state index >= 15 is 0 Å². The van der Waals surface area contributed by atoms with Crippen LogP contribution >= 0.6 is 0 Å². The summed E-state index contributed by atoms with van der Waals surface area (Å²) in [6.45, 7) is 1.91. The highest BCUT2D eigenvalue weighted by Gasteiger charge is 2.35. The predicted molar refractivity (Wildman–Crippen MR) is 96.9 cm³/mol. The van der Waals surface area contributed by atoms with Crippen LogP contribution in [-0.2, 0) is 4.79 Å². The summed E-state index contributed by atoms with van der Waals surface area (Å²) in [6, 6.07) is 4.94. The Morgan fingerprint density at radius 2 is 1.42 bits per heavy atom. The fourth-order valence-corrected chi connectivity index (χ4v) is 3.16. The summed E-state index contributed by atoms with van der Waals surface area (Å²) in [6.07, 6.45) is 0.482. The van der Waals surface area contributed by atoms with Crippen molar-refractivity contribution in [2.45, 2.75) is 32.6 Å². The average Bonchev–Trinajstić information content (AvgIpc) is 2.97. The van der Waals surface area contributed by atoms with E-state index in [1.807, 2.05) is 0 Å². The Hall–Kier alpha value is -3.30. The number of ether oxygens (including phenoxy) is 1. The average molecular weight is 441 g/mol. The van der Waals surface area contributed by atoms with E-state index in [1.165, 1.54) is 0 Å². The lowest BCUT2D eigenvalue weighted by Gasteiger charge is -2.13. The van der Waals surface area contributed by atoms with Crippen molar-refractivity contribution in [2.24, 2.45) is 0 Å². The second-order valence-electron chi connectivity index (χ2n) is 6.99. The monoisotopic (exact) mass is 441 g/mol. The molecule has 0 aliphatic carbocycles. The number of carbonyl (C=O) groups excluding carboxylic acids is 3. The van der Waals surface area contributed by atoms with Gasteiger partial charge in [0.25, 0.3) is 11.8 Å². The molecule has 164 valence electrons. The van der Waals surface area contributed by atoms with Crippen molar-refractivity contribution in [3.8, 4) is 5.75 Å². The van der Waals surface area contributed by atoms with Crippen molar-refractivity contribution in [3.63, 3.8) is 0 Å². The molecule has 5 nitrogen and oxygen atoms in total. The number of fused-ring (bicyclic) bond motifs is 1. The zero-order valence-electron chi connectivity index (χ0n) is 16.2. The quantitative estimate of drug-likeness (QED) is 0.121. The minimum Gasteiger partial charge on any atom is -0.420 e. The lowest BCUT2D eigenvalue weighted by Crippen LogP contribution is -2.30. The third-order valence-electron chi connectivity index (χ3n) is 4.77. The first kappa shape index (κ1) is 22.4. The molecule has 0 fully saturated rings. The highest BCUT2D eigenvalue weighted by atomic mass is 19.2. The molecule has 1 aliphatic heterocycles. The predicted octanol–water partition coefficient (Wildman–Crippen LogP) is 4.45. The van der Waals surface area contributed by atoms with Gasteiger partial charge in [0.1, 0.15) is 0 Å². The molecular formula is C21H16F5NO4. The first-order valence-electron chi connectivity index (χ1n) is 9.32. The molecule has 0 saturated heterocycles. The van der Waals surface area contributed by atoms with Crippen LogP contribution in [0.4, 0.5) is 22.0 Å². The van der Waals surface area contributed by atoms with Crippen LogP contribution in [0.1, 0.15) is 52.0 Å². The number of amides is 2. The summed E-state index contributed by atoms with van der Waals surface area (Å²) in [5.74, 6) is -14.9. The second kappa shape index (κ2) is 8.83. The normalized spacial score (nSPS) is 13.0. The van der Waals surface area contributed by atoms with E-state index in [0.717, 1.165) is 10.5 Å². The minimum atomic E-state index is -2.35. The van der Waals surface area contributed by atoms with Gasteiger partial charge in [-0.05, 0) is 31.9 Å². The zero-order valence-corrected chi connectivity index (χ0v) is 16.2. The fraction of sp³-hybridized carbons (Fsp3) is 0.286. The molecule has 3 rings (SSSR count). The minimum absolute atomic E-state index is 0.109. The number of hydrogen-bond donors (Lipinski definition) is 0. The molecule has 2 aromatic rings. The molecule has 0 spiro atoms. The van der Waals surface area contributed by atoms with Gasteiger partial charge >= 0.3 is 5.97 Å². The van der Waals surface area contributed by atoms with E-state index in [0.29, 0.717) is 24.0 Å². The number of unbranched alkanes of at least 4 members (excludes halogenated alkanes) is 2. The highest BCUT2D eigenvalue weighted by molar-refractivity contribution is 6.21. The highest BCUT2D eigenvalue weighted by Crippen LogP contribution is 2.29. The fourth-order valence-electron chi connectivity index (χ4n) is 3.16. The van der Waals surface area contributed by atoms with Crippen LogP contribution < -0.4 is 4.74 Å². The number of halogens is 5. The number of imide groups is 1. The van der Waals surface area contributed by atoms with Gasteiger partial charge in [-0.2, -0.15) is 8.78 Å². The van der Waals surface area contributed by atoms with Crippen LogP contribution in [0.15, 0.2) is 18.2 Å². The number of hydrogen-bond acceptors (Lipinski definition) is 4. The summed E-state index contributed by atoms with van der Waals surface area (Å²) in [5.41, 5.74) is 1.49. The molecule has 0 unspecified atom stereocenters.